The summed E-state index contributed by atoms with van der Waals surface area (Å²) in [5.74, 6) is 0.280. The minimum atomic E-state index is -0.661. The van der Waals surface area contributed by atoms with Gasteiger partial charge in [-0.05, 0) is 67.3 Å². The van der Waals surface area contributed by atoms with E-state index in [1.54, 1.807) is 30.7 Å². The number of hydrogen-bond donors (Lipinski definition) is 0. The maximum atomic E-state index is 13.3. The van der Waals surface area contributed by atoms with Crippen LogP contribution in [0.15, 0.2) is 92.7 Å². The van der Waals surface area contributed by atoms with Crippen molar-refractivity contribution in [1.82, 2.24) is 9.99 Å². The summed E-state index contributed by atoms with van der Waals surface area (Å²) >= 11 is 0. The van der Waals surface area contributed by atoms with Crippen LogP contribution >= 0.6 is 0 Å². The molecule has 0 spiro atoms. The molecule has 1 aliphatic carbocycles. The summed E-state index contributed by atoms with van der Waals surface area (Å²) in [5, 5.41) is 7.05. The zero-order valence-electron chi connectivity index (χ0n) is 19.4. The highest BCUT2D eigenvalue weighted by molar-refractivity contribution is 6.08. The number of pyridine rings is 1. The third kappa shape index (κ3) is 4.11. The molecule has 1 aliphatic heterocycles. The second kappa shape index (κ2) is 9.30. The molecular formula is C28H23N3O5. The maximum absolute atomic E-state index is 13.3. The van der Waals surface area contributed by atoms with Gasteiger partial charge in [0.15, 0.2) is 6.61 Å². The lowest BCUT2D eigenvalue weighted by atomic mass is 9.79. The summed E-state index contributed by atoms with van der Waals surface area (Å²) in [6.07, 6.45) is 7.85. The van der Waals surface area contributed by atoms with Crippen LogP contribution in [-0.2, 0) is 9.53 Å². The predicted octanol–water partition coefficient (Wildman–Crippen LogP) is 5.40. The molecule has 2 atom stereocenters. The van der Waals surface area contributed by atoms with Crippen molar-refractivity contribution in [2.45, 2.75) is 25.3 Å². The molecule has 0 radical (unpaired) electrons. The van der Waals surface area contributed by atoms with Crippen LogP contribution in [0.4, 0.5) is 0 Å². The van der Waals surface area contributed by atoms with Gasteiger partial charge in [0.2, 0.25) is 0 Å². The number of carbonyl (C=O) groups is 2. The standard InChI is InChI=1S/C28H23N3O5/c32-25(17-36-28(33)23-13-12-18-6-1-2-10-22(18)29-23)31-27(24-11-5-15-35-24)21-9-3-7-19(26(21)30-31)16-20-8-4-14-34-20/h1-2,4-6,8,10-16,21,27H,3,7,9,17H2. The van der Waals surface area contributed by atoms with Crippen molar-refractivity contribution in [2.75, 3.05) is 6.61 Å². The Morgan fingerprint density at radius 3 is 2.72 bits per heavy atom. The number of allylic oxidation sites excluding steroid dienone is 1. The fraction of sp³-hybridized carbons (Fsp3) is 0.214. The first kappa shape index (κ1) is 22.0. The average molecular weight is 482 g/mol. The van der Waals surface area contributed by atoms with Crippen molar-refractivity contribution < 1.29 is 23.2 Å². The molecule has 6 rings (SSSR count). The van der Waals surface area contributed by atoms with E-state index >= 15 is 0 Å². The molecule has 4 heterocycles. The first-order chi connectivity index (χ1) is 17.7. The summed E-state index contributed by atoms with van der Waals surface area (Å²) in [5.41, 5.74) is 2.71. The number of esters is 1. The number of benzene rings is 1. The van der Waals surface area contributed by atoms with Crippen LogP contribution < -0.4 is 0 Å². The Balaban J connectivity index is 1.24. The van der Waals surface area contributed by atoms with Crippen LogP contribution in [0.3, 0.4) is 0 Å². The normalized spacial score (nSPS) is 20.4. The molecule has 0 bridgehead atoms. The summed E-state index contributed by atoms with van der Waals surface area (Å²) < 4.78 is 16.6. The quantitative estimate of drug-likeness (QED) is 0.354. The molecule has 36 heavy (non-hydrogen) atoms. The highest BCUT2D eigenvalue weighted by Gasteiger charge is 2.45. The second-order valence-electron chi connectivity index (χ2n) is 8.83. The van der Waals surface area contributed by atoms with E-state index in [9.17, 15) is 9.59 Å². The highest BCUT2D eigenvalue weighted by atomic mass is 16.5. The van der Waals surface area contributed by atoms with E-state index in [1.807, 2.05) is 48.5 Å². The number of ether oxygens (including phenoxy) is 1. The van der Waals surface area contributed by atoms with Crippen molar-refractivity contribution in [3.63, 3.8) is 0 Å². The highest BCUT2D eigenvalue weighted by Crippen LogP contribution is 2.44. The first-order valence-corrected chi connectivity index (χ1v) is 11.9. The number of hydrogen-bond acceptors (Lipinski definition) is 7. The number of aromatic nitrogens is 1. The van der Waals surface area contributed by atoms with E-state index in [4.69, 9.17) is 18.7 Å². The Labute approximate surface area is 206 Å². The molecule has 8 nitrogen and oxygen atoms in total. The largest absolute Gasteiger partial charge is 0.467 e. The summed E-state index contributed by atoms with van der Waals surface area (Å²) in [6.45, 7) is -0.453. The van der Waals surface area contributed by atoms with Gasteiger partial charge in [-0.15, -0.1) is 0 Å². The number of hydrazone groups is 1. The third-order valence-electron chi connectivity index (χ3n) is 6.59. The number of rotatable bonds is 5. The fourth-order valence-electron chi connectivity index (χ4n) is 4.94. The van der Waals surface area contributed by atoms with Crippen LogP contribution in [0.2, 0.25) is 0 Å². The van der Waals surface area contributed by atoms with Crippen LogP contribution in [0.1, 0.15) is 47.3 Å². The van der Waals surface area contributed by atoms with Crippen molar-refractivity contribution >= 4 is 34.6 Å². The lowest BCUT2D eigenvalue weighted by Crippen LogP contribution is -2.34. The lowest BCUT2D eigenvalue weighted by molar-refractivity contribution is -0.137. The van der Waals surface area contributed by atoms with Gasteiger partial charge in [-0.2, -0.15) is 5.10 Å². The Bertz CT molecular complexity index is 1470. The van der Waals surface area contributed by atoms with Gasteiger partial charge < -0.3 is 13.6 Å². The summed E-state index contributed by atoms with van der Waals surface area (Å²) in [7, 11) is 0. The number of carbonyl (C=O) groups excluding carboxylic acids is 2. The van der Waals surface area contributed by atoms with E-state index in [2.05, 4.69) is 4.98 Å². The monoisotopic (exact) mass is 481 g/mol. The van der Waals surface area contributed by atoms with Gasteiger partial charge in [0, 0.05) is 11.3 Å². The van der Waals surface area contributed by atoms with Gasteiger partial charge in [-0.1, -0.05) is 24.3 Å². The van der Waals surface area contributed by atoms with Crippen LogP contribution in [0.5, 0.6) is 0 Å². The SMILES string of the molecule is O=C(OCC(=O)N1N=C2C(=Cc3ccco3)CCCC2C1c1ccco1)c1ccc2ccccc2n1. The predicted molar refractivity (Wildman–Crippen MR) is 132 cm³/mol. The Hall–Kier alpha value is -4.46. The molecule has 1 aromatic carbocycles. The van der Waals surface area contributed by atoms with Crippen molar-refractivity contribution in [1.29, 1.82) is 0 Å². The minimum Gasteiger partial charge on any atom is -0.467 e. The number of fused-ring (bicyclic) bond motifs is 2. The summed E-state index contributed by atoms with van der Waals surface area (Å²) in [4.78, 5) is 30.3. The minimum absolute atomic E-state index is 0.0204. The second-order valence-corrected chi connectivity index (χ2v) is 8.83. The molecule has 2 unspecified atom stereocenters. The van der Waals surface area contributed by atoms with Crippen LogP contribution in [0, 0.1) is 5.92 Å². The Morgan fingerprint density at radius 2 is 1.89 bits per heavy atom. The van der Waals surface area contributed by atoms with Gasteiger partial charge in [0.25, 0.3) is 5.91 Å². The van der Waals surface area contributed by atoms with E-state index < -0.39 is 24.5 Å². The average Bonchev–Trinajstić information content (AvgIpc) is 3.68. The fourth-order valence-corrected chi connectivity index (χ4v) is 4.94. The van der Waals surface area contributed by atoms with Crippen molar-refractivity contribution in [3.05, 3.63) is 96.0 Å². The van der Waals surface area contributed by atoms with Gasteiger partial charge in [0.05, 0.1) is 23.8 Å². The zero-order chi connectivity index (χ0) is 24.5. The molecular weight excluding hydrogens is 458 g/mol. The van der Waals surface area contributed by atoms with Crippen molar-refractivity contribution in [3.8, 4) is 0 Å². The molecule has 1 saturated carbocycles. The topological polar surface area (TPSA) is 98.1 Å². The molecule has 1 fully saturated rings. The third-order valence-corrected chi connectivity index (χ3v) is 6.59. The molecule has 4 aromatic rings. The van der Waals surface area contributed by atoms with Gasteiger partial charge >= 0.3 is 5.97 Å². The van der Waals surface area contributed by atoms with Crippen LogP contribution in [0.25, 0.3) is 17.0 Å². The van der Waals surface area contributed by atoms with Crippen LogP contribution in [-0.4, -0.2) is 34.2 Å². The van der Waals surface area contributed by atoms with Gasteiger partial charge in [-0.25, -0.2) is 14.8 Å². The first-order valence-electron chi connectivity index (χ1n) is 11.9. The molecule has 0 N–H and O–H groups in total. The molecule has 1 amide bonds. The van der Waals surface area contributed by atoms with E-state index in [-0.39, 0.29) is 11.6 Å². The van der Waals surface area contributed by atoms with Gasteiger partial charge in [-0.3, -0.25) is 4.79 Å². The smallest absolute Gasteiger partial charge is 0.357 e. The number of para-hydroxylation sites is 1. The lowest BCUT2D eigenvalue weighted by Gasteiger charge is -2.27. The van der Waals surface area contributed by atoms with E-state index in [0.717, 1.165) is 41.7 Å². The molecule has 8 heteroatoms. The zero-order valence-corrected chi connectivity index (χ0v) is 19.4. The summed E-state index contributed by atoms with van der Waals surface area (Å²) in [6, 6.07) is 17.8. The molecule has 180 valence electrons. The Kier molecular flexibility index (Phi) is 5.69. The number of furan rings is 2. The number of amides is 1. The number of nitrogens with zero attached hydrogens (tertiary/aromatic N) is 3. The molecule has 0 saturated heterocycles. The van der Waals surface area contributed by atoms with Gasteiger partial charge in [0.1, 0.15) is 23.3 Å². The molecule has 2 aliphatic rings. The maximum Gasteiger partial charge on any atom is 0.357 e. The van der Waals surface area contributed by atoms with Crippen molar-refractivity contribution in [2.24, 2.45) is 11.0 Å². The van der Waals surface area contributed by atoms with E-state index in [1.165, 1.54) is 5.01 Å². The van der Waals surface area contributed by atoms with E-state index in [0.29, 0.717) is 11.3 Å². The Morgan fingerprint density at radius 1 is 1.03 bits per heavy atom. The molecule has 3 aromatic heterocycles.